The summed E-state index contributed by atoms with van der Waals surface area (Å²) < 4.78 is 0. The van der Waals surface area contributed by atoms with E-state index in [0.717, 1.165) is 18.5 Å². The minimum absolute atomic E-state index is 0.239. The SMILES string of the molecule is CC(C)C1CCc2c(N)cccc2C1(C)N. The fraction of sp³-hybridized carbons (Fsp3) is 0.571. The van der Waals surface area contributed by atoms with E-state index in [9.17, 15) is 0 Å². The maximum Gasteiger partial charge on any atom is 0.0415 e. The minimum Gasteiger partial charge on any atom is -0.398 e. The van der Waals surface area contributed by atoms with Crippen LogP contribution in [0.25, 0.3) is 0 Å². The van der Waals surface area contributed by atoms with Crippen LogP contribution in [0.5, 0.6) is 0 Å². The number of rotatable bonds is 1. The van der Waals surface area contributed by atoms with Gasteiger partial charge in [0.1, 0.15) is 0 Å². The monoisotopic (exact) mass is 218 g/mol. The molecule has 0 amide bonds. The molecule has 2 atom stereocenters. The van der Waals surface area contributed by atoms with Gasteiger partial charge in [-0.1, -0.05) is 26.0 Å². The number of anilines is 1. The predicted molar refractivity (Wildman–Crippen MR) is 69.0 cm³/mol. The maximum absolute atomic E-state index is 6.55. The number of benzene rings is 1. The van der Waals surface area contributed by atoms with Crippen LogP contribution < -0.4 is 11.5 Å². The predicted octanol–water partition coefficient (Wildman–Crippen LogP) is 2.66. The first-order chi connectivity index (χ1) is 7.44. The van der Waals surface area contributed by atoms with E-state index in [2.05, 4.69) is 26.8 Å². The van der Waals surface area contributed by atoms with Crippen LogP contribution in [0, 0.1) is 11.8 Å². The van der Waals surface area contributed by atoms with Gasteiger partial charge in [-0.15, -0.1) is 0 Å². The second-order valence-corrected chi connectivity index (χ2v) is 5.55. The van der Waals surface area contributed by atoms with E-state index in [4.69, 9.17) is 11.5 Å². The summed E-state index contributed by atoms with van der Waals surface area (Å²) in [7, 11) is 0. The highest BCUT2D eigenvalue weighted by Gasteiger charge is 2.38. The molecule has 1 aromatic carbocycles. The fourth-order valence-corrected chi connectivity index (χ4v) is 3.21. The summed E-state index contributed by atoms with van der Waals surface area (Å²) in [6.07, 6.45) is 2.21. The average molecular weight is 218 g/mol. The molecule has 1 aromatic rings. The first-order valence-electron chi connectivity index (χ1n) is 6.11. The van der Waals surface area contributed by atoms with Crippen LogP contribution in [-0.2, 0) is 12.0 Å². The molecule has 2 rings (SSSR count). The molecule has 2 nitrogen and oxygen atoms in total. The molecule has 0 fully saturated rings. The van der Waals surface area contributed by atoms with Crippen molar-refractivity contribution in [3.8, 4) is 0 Å². The summed E-state index contributed by atoms with van der Waals surface area (Å²) in [4.78, 5) is 0. The molecule has 0 bridgehead atoms. The summed E-state index contributed by atoms with van der Waals surface area (Å²) in [5.41, 5.74) is 15.8. The molecule has 2 heteroatoms. The Balaban J connectivity index is 2.51. The minimum atomic E-state index is -0.239. The van der Waals surface area contributed by atoms with Crippen molar-refractivity contribution >= 4 is 5.69 Å². The molecule has 16 heavy (non-hydrogen) atoms. The number of hydrogen-bond acceptors (Lipinski definition) is 2. The molecular weight excluding hydrogens is 196 g/mol. The molecule has 88 valence electrons. The van der Waals surface area contributed by atoms with Crippen molar-refractivity contribution < 1.29 is 0 Å². The van der Waals surface area contributed by atoms with E-state index in [1.807, 2.05) is 12.1 Å². The number of fused-ring (bicyclic) bond motifs is 1. The van der Waals surface area contributed by atoms with Crippen molar-refractivity contribution in [2.24, 2.45) is 17.6 Å². The quantitative estimate of drug-likeness (QED) is 0.712. The van der Waals surface area contributed by atoms with Gasteiger partial charge in [0.15, 0.2) is 0 Å². The molecule has 0 aromatic heterocycles. The van der Waals surface area contributed by atoms with Gasteiger partial charge in [0.2, 0.25) is 0 Å². The summed E-state index contributed by atoms with van der Waals surface area (Å²) in [5.74, 6) is 1.16. The Morgan fingerprint density at radius 1 is 1.38 bits per heavy atom. The lowest BCUT2D eigenvalue weighted by Crippen LogP contribution is -2.47. The Bertz CT molecular complexity index is 394. The molecule has 4 N–H and O–H groups in total. The third-order valence-corrected chi connectivity index (χ3v) is 4.07. The summed E-state index contributed by atoms with van der Waals surface area (Å²) in [6.45, 7) is 6.66. The van der Waals surface area contributed by atoms with Crippen molar-refractivity contribution in [3.63, 3.8) is 0 Å². The smallest absolute Gasteiger partial charge is 0.0415 e. The van der Waals surface area contributed by atoms with Crippen molar-refractivity contribution in [1.29, 1.82) is 0 Å². The Hall–Kier alpha value is -1.02. The lowest BCUT2D eigenvalue weighted by atomic mass is 9.66. The molecule has 0 radical (unpaired) electrons. The molecule has 0 spiro atoms. The number of nitrogen functional groups attached to an aromatic ring is 1. The van der Waals surface area contributed by atoms with Gasteiger partial charge in [-0.2, -0.15) is 0 Å². The van der Waals surface area contributed by atoms with E-state index in [1.54, 1.807) is 0 Å². The van der Waals surface area contributed by atoms with E-state index in [-0.39, 0.29) is 5.54 Å². The van der Waals surface area contributed by atoms with Crippen molar-refractivity contribution in [2.45, 2.75) is 39.2 Å². The van der Waals surface area contributed by atoms with E-state index >= 15 is 0 Å². The zero-order valence-electron chi connectivity index (χ0n) is 10.5. The van der Waals surface area contributed by atoms with E-state index in [1.165, 1.54) is 11.1 Å². The van der Waals surface area contributed by atoms with Gasteiger partial charge in [-0.3, -0.25) is 0 Å². The number of nitrogens with two attached hydrogens (primary N) is 2. The van der Waals surface area contributed by atoms with Crippen LogP contribution in [0.3, 0.4) is 0 Å². The summed E-state index contributed by atoms with van der Waals surface area (Å²) in [5, 5.41) is 0. The number of hydrogen-bond donors (Lipinski definition) is 2. The first-order valence-corrected chi connectivity index (χ1v) is 6.11. The van der Waals surface area contributed by atoms with Crippen LogP contribution >= 0.6 is 0 Å². The molecule has 2 unspecified atom stereocenters. The Kier molecular flexibility index (Phi) is 2.70. The lowest BCUT2D eigenvalue weighted by molar-refractivity contribution is 0.197. The fourth-order valence-electron chi connectivity index (χ4n) is 3.21. The third kappa shape index (κ3) is 1.61. The maximum atomic E-state index is 6.55. The topological polar surface area (TPSA) is 52.0 Å². The van der Waals surface area contributed by atoms with Gasteiger partial charge in [-0.05, 0) is 48.8 Å². The normalized spacial score (nSPS) is 29.2. The molecular formula is C14H22N2. The van der Waals surface area contributed by atoms with Crippen LogP contribution in [-0.4, -0.2) is 0 Å². The van der Waals surface area contributed by atoms with Crippen LogP contribution in [0.2, 0.25) is 0 Å². The standard InChI is InChI=1S/C14H22N2/c1-9(2)11-8-7-10-12(14(11,3)16)5-4-6-13(10)15/h4-6,9,11H,7-8,15-16H2,1-3H3. The van der Waals surface area contributed by atoms with Crippen LogP contribution in [0.15, 0.2) is 18.2 Å². The van der Waals surface area contributed by atoms with E-state index in [0.29, 0.717) is 11.8 Å². The molecule has 1 aliphatic rings. The highest BCUT2D eigenvalue weighted by molar-refractivity contribution is 5.54. The first kappa shape index (κ1) is 11.5. The molecule has 0 saturated carbocycles. The van der Waals surface area contributed by atoms with Gasteiger partial charge >= 0.3 is 0 Å². The summed E-state index contributed by atoms with van der Waals surface area (Å²) >= 11 is 0. The van der Waals surface area contributed by atoms with Gasteiger partial charge in [0.25, 0.3) is 0 Å². The molecule has 0 saturated heterocycles. The van der Waals surface area contributed by atoms with Crippen molar-refractivity contribution in [1.82, 2.24) is 0 Å². The zero-order chi connectivity index (χ0) is 11.9. The van der Waals surface area contributed by atoms with Gasteiger partial charge in [0, 0.05) is 11.2 Å². The van der Waals surface area contributed by atoms with Crippen LogP contribution in [0.1, 0.15) is 38.3 Å². The van der Waals surface area contributed by atoms with Gasteiger partial charge < -0.3 is 11.5 Å². The zero-order valence-corrected chi connectivity index (χ0v) is 10.5. The highest BCUT2D eigenvalue weighted by atomic mass is 14.8. The Morgan fingerprint density at radius 2 is 2.06 bits per heavy atom. The lowest BCUT2D eigenvalue weighted by Gasteiger charge is -2.42. The third-order valence-electron chi connectivity index (χ3n) is 4.07. The Labute approximate surface area is 98.0 Å². The van der Waals surface area contributed by atoms with Crippen molar-refractivity contribution in [3.05, 3.63) is 29.3 Å². The molecule has 1 aliphatic carbocycles. The van der Waals surface area contributed by atoms with Gasteiger partial charge in [-0.25, -0.2) is 0 Å². The second-order valence-electron chi connectivity index (χ2n) is 5.55. The van der Waals surface area contributed by atoms with E-state index < -0.39 is 0 Å². The molecule has 0 heterocycles. The molecule has 0 aliphatic heterocycles. The summed E-state index contributed by atoms with van der Waals surface area (Å²) in [6, 6.07) is 6.13. The Morgan fingerprint density at radius 3 is 2.69 bits per heavy atom. The second kappa shape index (κ2) is 3.77. The van der Waals surface area contributed by atoms with Gasteiger partial charge in [0.05, 0.1) is 0 Å². The largest absolute Gasteiger partial charge is 0.398 e. The average Bonchev–Trinajstić information content (AvgIpc) is 2.18. The highest BCUT2D eigenvalue weighted by Crippen LogP contribution is 2.42. The van der Waals surface area contributed by atoms with Crippen LogP contribution in [0.4, 0.5) is 5.69 Å². The van der Waals surface area contributed by atoms with Crippen molar-refractivity contribution in [2.75, 3.05) is 5.73 Å².